The molecule has 0 spiro atoms. The first-order valence-electron chi connectivity index (χ1n) is 4.53. The molecular formula is C10H13FN2O2. The molecule has 0 radical (unpaired) electrons. The van der Waals surface area contributed by atoms with Crippen molar-refractivity contribution in [2.24, 2.45) is 11.5 Å². The van der Waals surface area contributed by atoms with Crippen molar-refractivity contribution in [3.63, 3.8) is 0 Å². The van der Waals surface area contributed by atoms with E-state index < -0.39 is 11.9 Å². The number of benzene rings is 1. The van der Waals surface area contributed by atoms with E-state index >= 15 is 0 Å². The van der Waals surface area contributed by atoms with Gasteiger partial charge in [0.25, 0.3) is 0 Å². The van der Waals surface area contributed by atoms with E-state index in [0.29, 0.717) is 12.2 Å². The molecule has 4 nitrogen and oxygen atoms in total. The largest absolute Gasteiger partial charge is 0.494 e. The number of halogens is 1. The maximum Gasteiger partial charge on any atom is 0.234 e. The summed E-state index contributed by atoms with van der Waals surface area (Å²) in [6.45, 7) is 0.274. The molecule has 0 fully saturated rings. The minimum absolute atomic E-state index is 0.274. The zero-order valence-electron chi connectivity index (χ0n) is 8.15. The minimum atomic E-state index is -0.703. The highest BCUT2D eigenvalue weighted by Crippen LogP contribution is 2.11. The van der Waals surface area contributed by atoms with Crippen molar-refractivity contribution in [2.75, 3.05) is 6.61 Å². The predicted molar refractivity (Wildman–Crippen MR) is 53.7 cm³/mol. The summed E-state index contributed by atoms with van der Waals surface area (Å²) in [6.07, 6.45) is 0.340. The maximum atomic E-state index is 12.5. The van der Waals surface area contributed by atoms with E-state index in [4.69, 9.17) is 16.2 Å². The number of rotatable bonds is 5. The van der Waals surface area contributed by atoms with Crippen molar-refractivity contribution < 1.29 is 13.9 Å². The third-order valence-corrected chi connectivity index (χ3v) is 1.88. The number of carbonyl (C=O) groups excluding carboxylic acids is 1. The first kappa shape index (κ1) is 11.5. The highest BCUT2D eigenvalue weighted by molar-refractivity contribution is 5.79. The molecule has 1 amide bonds. The molecule has 0 bridgehead atoms. The Hall–Kier alpha value is -1.62. The Morgan fingerprint density at radius 2 is 2.00 bits per heavy atom. The lowest BCUT2D eigenvalue weighted by Gasteiger charge is -2.08. The average Bonchev–Trinajstić information content (AvgIpc) is 2.20. The minimum Gasteiger partial charge on any atom is -0.494 e. The molecule has 0 aliphatic rings. The quantitative estimate of drug-likeness (QED) is 0.741. The van der Waals surface area contributed by atoms with E-state index in [1.807, 2.05) is 0 Å². The van der Waals surface area contributed by atoms with Crippen LogP contribution in [-0.4, -0.2) is 18.6 Å². The van der Waals surface area contributed by atoms with Crippen molar-refractivity contribution in [3.8, 4) is 5.75 Å². The van der Waals surface area contributed by atoms with E-state index in [0.717, 1.165) is 0 Å². The summed E-state index contributed by atoms with van der Waals surface area (Å²) in [4.78, 5) is 10.6. The molecule has 1 aromatic carbocycles. The second kappa shape index (κ2) is 5.31. The van der Waals surface area contributed by atoms with Crippen molar-refractivity contribution in [3.05, 3.63) is 30.1 Å². The molecule has 82 valence electrons. The normalized spacial score (nSPS) is 12.1. The summed E-state index contributed by atoms with van der Waals surface area (Å²) in [5, 5.41) is 0. The summed E-state index contributed by atoms with van der Waals surface area (Å²) >= 11 is 0. The van der Waals surface area contributed by atoms with E-state index in [2.05, 4.69) is 0 Å². The number of primary amides is 1. The third-order valence-electron chi connectivity index (χ3n) is 1.88. The van der Waals surface area contributed by atoms with Gasteiger partial charge in [-0.25, -0.2) is 4.39 Å². The zero-order valence-corrected chi connectivity index (χ0v) is 8.15. The van der Waals surface area contributed by atoms with E-state index in [-0.39, 0.29) is 12.4 Å². The van der Waals surface area contributed by atoms with Gasteiger partial charge in [-0.05, 0) is 24.3 Å². The van der Waals surface area contributed by atoms with Crippen LogP contribution in [0.25, 0.3) is 0 Å². The van der Waals surface area contributed by atoms with E-state index in [1.165, 1.54) is 24.3 Å². The lowest BCUT2D eigenvalue weighted by Crippen LogP contribution is -2.37. The maximum absolute atomic E-state index is 12.5. The predicted octanol–water partition coefficient (Wildman–Crippen LogP) is 0.407. The fourth-order valence-corrected chi connectivity index (χ4v) is 0.977. The van der Waals surface area contributed by atoms with E-state index in [1.54, 1.807) is 0 Å². The van der Waals surface area contributed by atoms with Gasteiger partial charge in [-0.3, -0.25) is 4.79 Å². The fourth-order valence-electron chi connectivity index (χ4n) is 0.977. The van der Waals surface area contributed by atoms with E-state index in [9.17, 15) is 9.18 Å². The van der Waals surface area contributed by atoms with Gasteiger partial charge in [0, 0.05) is 6.42 Å². The highest BCUT2D eigenvalue weighted by atomic mass is 19.1. The van der Waals surface area contributed by atoms with Crippen LogP contribution < -0.4 is 16.2 Å². The van der Waals surface area contributed by atoms with Crippen LogP contribution in [0.4, 0.5) is 4.39 Å². The second-order valence-electron chi connectivity index (χ2n) is 3.10. The van der Waals surface area contributed by atoms with Crippen LogP contribution >= 0.6 is 0 Å². The van der Waals surface area contributed by atoms with Gasteiger partial charge in [-0.1, -0.05) is 0 Å². The van der Waals surface area contributed by atoms with Crippen LogP contribution in [-0.2, 0) is 4.79 Å². The Balaban J connectivity index is 2.32. The van der Waals surface area contributed by atoms with Gasteiger partial charge in [-0.15, -0.1) is 0 Å². The van der Waals surface area contributed by atoms with Gasteiger partial charge >= 0.3 is 0 Å². The van der Waals surface area contributed by atoms with Gasteiger partial charge in [0.05, 0.1) is 12.6 Å². The Morgan fingerprint density at radius 3 is 2.53 bits per heavy atom. The van der Waals surface area contributed by atoms with Gasteiger partial charge in [0.2, 0.25) is 5.91 Å². The summed E-state index contributed by atoms with van der Waals surface area (Å²) < 4.78 is 17.7. The Morgan fingerprint density at radius 1 is 1.40 bits per heavy atom. The van der Waals surface area contributed by atoms with Crippen LogP contribution in [0.2, 0.25) is 0 Å². The van der Waals surface area contributed by atoms with Crippen molar-refractivity contribution in [1.82, 2.24) is 0 Å². The summed E-state index contributed by atoms with van der Waals surface area (Å²) in [7, 11) is 0. The number of carbonyl (C=O) groups is 1. The molecule has 0 aliphatic heterocycles. The number of amides is 1. The standard InChI is InChI=1S/C10H13FN2O2/c11-7-1-3-8(4-2-7)15-6-5-9(12)10(13)14/h1-4,9H,5-6,12H2,(H2,13,14). The molecule has 5 heteroatoms. The third kappa shape index (κ3) is 3.95. The number of ether oxygens (including phenoxy) is 1. The van der Waals surface area contributed by atoms with Crippen LogP contribution in [0.5, 0.6) is 5.75 Å². The average molecular weight is 212 g/mol. The molecule has 0 heterocycles. The smallest absolute Gasteiger partial charge is 0.234 e. The topological polar surface area (TPSA) is 78.3 Å². The van der Waals surface area contributed by atoms with Crippen LogP contribution in [0.15, 0.2) is 24.3 Å². The van der Waals surface area contributed by atoms with Crippen molar-refractivity contribution in [2.45, 2.75) is 12.5 Å². The molecule has 0 aliphatic carbocycles. The molecule has 1 unspecified atom stereocenters. The molecule has 1 atom stereocenters. The van der Waals surface area contributed by atoms with Crippen molar-refractivity contribution in [1.29, 1.82) is 0 Å². The molecular weight excluding hydrogens is 199 g/mol. The monoisotopic (exact) mass is 212 g/mol. The van der Waals surface area contributed by atoms with Crippen LogP contribution in [0, 0.1) is 5.82 Å². The number of nitrogens with two attached hydrogens (primary N) is 2. The Bertz CT molecular complexity index is 327. The molecule has 0 aromatic heterocycles. The highest BCUT2D eigenvalue weighted by Gasteiger charge is 2.08. The molecule has 0 saturated carbocycles. The van der Waals surface area contributed by atoms with Gasteiger partial charge in [0.1, 0.15) is 11.6 Å². The van der Waals surface area contributed by atoms with Gasteiger partial charge < -0.3 is 16.2 Å². The lowest BCUT2D eigenvalue weighted by atomic mass is 10.2. The Labute approximate surface area is 87.0 Å². The molecule has 15 heavy (non-hydrogen) atoms. The molecule has 0 saturated heterocycles. The van der Waals surface area contributed by atoms with Crippen molar-refractivity contribution >= 4 is 5.91 Å². The Kier molecular flexibility index (Phi) is 4.05. The number of hydrogen-bond donors (Lipinski definition) is 2. The first-order chi connectivity index (χ1) is 7.09. The van der Waals surface area contributed by atoms with Crippen LogP contribution in [0.1, 0.15) is 6.42 Å². The van der Waals surface area contributed by atoms with Gasteiger partial charge in [0.15, 0.2) is 0 Å². The SMILES string of the molecule is NC(=O)C(N)CCOc1ccc(F)cc1. The molecule has 4 N–H and O–H groups in total. The van der Waals surface area contributed by atoms with Crippen LogP contribution in [0.3, 0.4) is 0 Å². The fraction of sp³-hybridized carbons (Fsp3) is 0.300. The zero-order chi connectivity index (χ0) is 11.3. The molecule has 1 rings (SSSR count). The first-order valence-corrected chi connectivity index (χ1v) is 4.53. The lowest BCUT2D eigenvalue weighted by molar-refractivity contribution is -0.119. The second-order valence-corrected chi connectivity index (χ2v) is 3.10. The number of hydrogen-bond acceptors (Lipinski definition) is 3. The molecule has 1 aromatic rings. The summed E-state index contributed by atoms with van der Waals surface area (Å²) in [6, 6.07) is 4.90. The summed E-state index contributed by atoms with van der Waals surface area (Å²) in [5.41, 5.74) is 10.4. The van der Waals surface area contributed by atoms with Gasteiger partial charge in [-0.2, -0.15) is 0 Å². The summed E-state index contributed by atoms with van der Waals surface area (Å²) in [5.74, 6) is -0.345.